The summed E-state index contributed by atoms with van der Waals surface area (Å²) in [5, 5.41) is 4.35. The lowest BCUT2D eigenvalue weighted by atomic mass is 10.1. The maximum atomic E-state index is 11.5. The van der Waals surface area contributed by atoms with Crippen molar-refractivity contribution in [3.63, 3.8) is 0 Å². The minimum Gasteiger partial charge on any atom is -0.294 e. The highest BCUT2D eigenvalue weighted by molar-refractivity contribution is 9.10. The standard InChI is InChI=1S/C15H12BrN3O/c1-9-13(10(2)20)7-17-15-14(8-18-19(9)15)11-3-5-12(16)6-4-11/h3-8H,1-2H3. The minimum atomic E-state index is -0.00223. The molecule has 2 heterocycles. The van der Waals surface area contributed by atoms with Crippen molar-refractivity contribution in [3.8, 4) is 11.1 Å². The van der Waals surface area contributed by atoms with Crippen LogP contribution >= 0.6 is 15.9 Å². The topological polar surface area (TPSA) is 47.3 Å². The lowest BCUT2D eigenvalue weighted by Crippen LogP contribution is -2.05. The van der Waals surface area contributed by atoms with E-state index >= 15 is 0 Å². The van der Waals surface area contributed by atoms with Crippen LogP contribution in [0.5, 0.6) is 0 Å². The van der Waals surface area contributed by atoms with Crippen LogP contribution in [0.25, 0.3) is 16.8 Å². The van der Waals surface area contributed by atoms with Gasteiger partial charge in [-0.25, -0.2) is 9.50 Å². The van der Waals surface area contributed by atoms with E-state index in [4.69, 9.17) is 0 Å². The molecule has 0 radical (unpaired) electrons. The summed E-state index contributed by atoms with van der Waals surface area (Å²) in [6.45, 7) is 3.42. The second kappa shape index (κ2) is 4.83. The van der Waals surface area contributed by atoms with E-state index < -0.39 is 0 Å². The van der Waals surface area contributed by atoms with Crippen molar-refractivity contribution in [1.29, 1.82) is 0 Å². The zero-order chi connectivity index (χ0) is 14.3. The Hall–Kier alpha value is -2.01. The summed E-state index contributed by atoms with van der Waals surface area (Å²) in [5.41, 5.74) is 4.17. The smallest absolute Gasteiger partial charge is 0.163 e. The Morgan fingerprint density at radius 1 is 1.20 bits per heavy atom. The first-order valence-electron chi connectivity index (χ1n) is 6.18. The molecule has 0 spiro atoms. The molecule has 0 aliphatic rings. The number of hydrogen-bond donors (Lipinski definition) is 0. The summed E-state index contributed by atoms with van der Waals surface area (Å²) in [6, 6.07) is 7.99. The van der Waals surface area contributed by atoms with E-state index in [1.54, 1.807) is 16.9 Å². The molecular formula is C15H12BrN3O. The number of aromatic nitrogens is 3. The maximum absolute atomic E-state index is 11.5. The molecule has 0 fully saturated rings. The highest BCUT2D eigenvalue weighted by Crippen LogP contribution is 2.26. The molecule has 2 aromatic heterocycles. The van der Waals surface area contributed by atoms with Crippen LogP contribution in [0.2, 0.25) is 0 Å². The van der Waals surface area contributed by atoms with E-state index in [0.29, 0.717) is 5.56 Å². The van der Waals surface area contributed by atoms with Crippen molar-refractivity contribution in [1.82, 2.24) is 14.6 Å². The SMILES string of the molecule is CC(=O)c1cnc2c(-c3ccc(Br)cc3)cnn2c1C. The average Bonchev–Trinajstić information content (AvgIpc) is 2.84. The monoisotopic (exact) mass is 329 g/mol. The number of nitrogens with zero attached hydrogens (tertiary/aromatic N) is 3. The quantitative estimate of drug-likeness (QED) is 0.674. The van der Waals surface area contributed by atoms with Gasteiger partial charge >= 0.3 is 0 Å². The molecule has 0 saturated carbocycles. The van der Waals surface area contributed by atoms with Gasteiger partial charge in [-0.3, -0.25) is 4.79 Å². The molecule has 0 atom stereocenters. The predicted octanol–water partition coefficient (Wildman–Crippen LogP) is 3.67. The van der Waals surface area contributed by atoms with Crippen LogP contribution < -0.4 is 0 Å². The number of carbonyl (C=O) groups excluding carboxylic acids is 1. The Balaban J connectivity index is 2.22. The average molecular weight is 330 g/mol. The third kappa shape index (κ3) is 2.04. The first-order chi connectivity index (χ1) is 9.58. The maximum Gasteiger partial charge on any atom is 0.163 e. The van der Waals surface area contributed by atoms with E-state index in [0.717, 1.165) is 26.9 Å². The molecule has 0 aliphatic heterocycles. The zero-order valence-corrected chi connectivity index (χ0v) is 12.7. The van der Waals surface area contributed by atoms with E-state index in [-0.39, 0.29) is 5.78 Å². The second-order valence-corrected chi connectivity index (χ2v) is 5.53. The second-order valence-electron chi connectivity index (χ2n) is 4.61. The van der Waals surface area contributed by atoms with Crippen molar-refractivity contribution in [2.45, 2.75) is 13.8 Å². The summed E-state index contributed by atoms with van der Waals surface area (Å²) >= 11 is 3.42. The van der Waals surface area contributed by atoms with E-state index in [2.05, 4.69) is 26.0 Å². The number of carbonyl (C=O) groups is 1. The predicted molar refractivity (Wildman–Crippen MR) is 80.9 cm³/mol. The van der Waals surface area contributed by atoms with Gasteiger partial charge in [0.15, 0.2) is 11.4 Å². The molecule has 20 heavy (non-hydrogen) atoms. The molecule has 100 valence electrons. The van der Waals surface area contributed by atoms with Crippen LogP contribution in [-0.2, 0) is 0 Å². The van der Waals surface area contributed by atoms with Crippen molar-refractivity contribution in [2.75, 3.05) is 0 Å². The lowest BCUT2D eigenvalue weighted by Gasteiger charge is -2.05. The van der Waals surface area contributed by atoms with Crippen molar-refractivity contribution in [2.24, 2.45) is 0 Å². The first-order valence-corrected chi connectivity index (χ1v) is 6.97. The number of rotatable bonds is 2. The molecule has 0 bridgehead atoms. The number of Topliss-reactive ketones (excluding diaryl/α,β-unsaturated/α-hetero) is 1. The molecular weight excluding hydrogens is 318 g/mol. The summed E-state index contributed by atoms with van der Waals surface area (Å²) < 4.78 is 2.74. The summed E-state index contributed by atoms with van der Waals surface area (Å²) in [5.74, 6) is -0.00223. The van der Waals surface area contributed by atoms with Crippen LogP contribution in [0.3, 0.4) is 0 Å². The van der Waals surface area contributed by atoms with E-state index in [1.165, 1.54) is 6.92 Å². The number of hydrogen-bond acceptors (Lipinski definition) is 3. The van der Waals surface area contributed by atoms with Crippen LogP contribution in [0, 0.1) is 6.92 Å². The number of fused-ring (bicyclic) bond motifs is 1. The van der Waals surface area contributed by atoms with E-state index in [9.17, 15) is 4.79 Å². The largest absolute Gasteiger partial charge is 0.294 e. The fourth-order valence-electron chi connectivity index (χ4n) is 2.22. The van der Waals surface area contributed by atoms with Crippen LogP contribution in [0.15, 0.2) is 41.1 Å². The Labute approximate surface area is 124 Å². The van der Waals surface area contributed by atoms with Crippen LogP contribution in [0.4, 0.5) is 0 Å². The van der Waals surface area contributed by atoms with Gasteiger partial charge in [-0.05, 0) is 31.5 Å². The third-order valence-electron chi connectivity index (χ3n) is 3.30. The highest BCUT2D eigenvalue weighted by Gasteiger charge is 2.13. The molecule has 0 amide bonds. The fraction of sp³-hybridized carbons (Fsp3) is 0.133. The van der Waals surface area contributed by atoms with E-state index in [1.807, 2.05) is 31.2 Å². The van der Waals surface area contributed by atoms with Gasteiger partial charge in [0.05, 0.1) is 17.5 Å². The Morgan fingerprint density at radius 2 is 1.90 bits per heavy atom. The van der Waals surface area contributed by atoms with Crippen molar-refractivity contribution in [3.05, 3.63) is 52.4 Å². The van der Waals surface area contributed by atoms with Crippen molar-refractivity contribution >= 4 is 27.4 Å². The Kier molecular flexibility index (Phi) is 3.14. The lowest BCUT2D eigenvalue weighted by molar-refractivity contribution is 0.101. The molecule has 4 nitrogen and oxygen atoms in total. The fourth-order valence-corrected chi connectivity index (χ4v) is 2.49. The molecule has 0 saturated heterocycles. The number of halogens is 1. The molecule has 1 aromatic carbocycles. The van der Waals surface area contributed by atoms with Gasteiger partial charge < -0.3 is 0 Å². The number of benzene rings is 1. The molecule has 0 unspecified atom stereocenters. The molecule has 5 heteroatoms. The minimum absolute atomic E-state index is 0.00223. The highest BCUT2D eigenvalue weighted by atomic mass is 79.9. The van der Waals surface area contributed by atoms with Gasteiger partial charge in [0.1, 0.15) is 0 Å². The van der Waals surface area contributed by atoms with Gasteiger partial charge in [0.2, 0.25) is 0 Å². The van der Waals surface area contributed by atoms with Gasteiger partial charge in [-0.15, -0.1) is 0 Å². The van der Waals surface area contributed by atoms with Crippen molar-refractivity contribution < 1.29 is 4.79 Å². The summed E-state index contributed by atoms with van der Waals surface area (Å²) in [6.07, 6.45) is 3.40. The summed E-state index contributed by atoms with van der Waals surface area (Å²) in [7, 11) is 0. The first kappa shape index (κ1) is 13.0. The zero-order valence-electron chi connectivity index (χ0n) is 11.1. The van der Waals surface area contributed by atoms with Gasteiger partial charge in [-0.1, -0.05) is 28.1 Å². The normalized spacial score (nSPS) is 10.9. The molecule has 3 aromatic rings. The number of aryl methyl sites for hydroxylation is 1. The molecule has 0 N–H and O–H groups in total. The molecule has 3 rings (SSSR count). The van der Waals surface area contributed by atoms with Crippen LogP contribution in [0.1, 0.15) is 23.0 Å². The summed E-state index contributed by atoms with van der Waals surface area (Å²) in [4.78, 5) is 15.9. The molecule has 0 aliphatic carbocycles. The third-order valence-corrected chi connectivity index (χ3v) is 3.83. The van der Waals surface area contributed by atoms with Gasteiger partial charge in [0, 0.05) is 16.2 Å². The Morgan fingerprint density at radius 3 is 2.55 bits per heavy atom. The van der Waals surface area contributed by atoms with Gasteiger partial charge in [-0.2, -0.15) is 5.10 Å². The van der Waals surface area contributed by atoms with Gasteiger partial charge in [0.25, 0.3) is 0 Å². The number of ketones is 1. The Bertz CT molecular complexity index is 806. The van der Waals surface area contributed by atoms with Crippen LogP contribution in [-0.4, -0.2) is 20.4 Å².